The van der Waals surface area contributed by atoms with Gasteiger partial charge in [0.25, 0.3) is 0 Å². The number of benzene rings is 3. The van der Waals surface area contributed by atoms with Gasteiger partial charge in [-0.15, -0.1) is 0 Å². The summed E-state index contributed by atoms with van der Waals surface area (Å²) in [5, 5.41) is 0. The van der Waals surface area contributed by atoms with Crippen molar-refractivity contribution in [3.05, 3.63) is 108 Å². The molecule has 7 unspecified atom stereocenters. The average molecular weight is 967 g/mol. The van der Waals surface area contributed by atoms with Gasteiger partial charge in [0.2, 0.25) is 6.29 Å². The van der Waals surface area contributed by atoms with Crippen LogP contribution in [-0.4, -0.2) is 105 Å². The third-order valence-electron chi connectivity index (χ3n) is 13.2. The van der Waals surface area contributed by atoms with Crippen molar-refractivity contribution in [1.29, 1.82) is 0 Å². The molecule has 17 atom stereocenters. The Morgan fingerprint density at radius 3 is 1.84 bits per heavy atom. The molecule has 0 aliphatic carbocycles. The molecule has 3 heterocycles. The molecule has 0 bridgehead atoms. The van der Waals surface area contributed by atoms with Crippen LogP contribution < -0.4 is 0 Å². The molecule has 0 radical (unpaired) electrons. The number of hydrogen-bond donors (Lipinski definition) is 0. The van der Waals surface area contributed by atoms with E-state index in [1.807, 2.05) is 70.8 Å². The topological polar surface area (TPSA) is 161 Å². The third kappa shape index (κ3) is 14.2. The van der Waals surface area contributed by atoms with Crippen molar-refractivity contribution in [3.63, 3.8) is 0 Å². The monoisotopic (exact) mass is 966 g/mol. The third-order valence-corrected chi connectivity index (χ3v) is 14.1. The summed E-state index contributed by atoms with van der Waals surface area (Å²) in [5.41, 5.74) is 1.70. The van der Waals surface area contributed by atoms with Gasteiger partial charge < -0.3 is 52.0 Å². The van der Waals surface area contributed by atoms with Crippen LogP contribution in [-0.2, 0) is 63.4 Å². The van der Waals surface area contributed by atoms with Crippen molar-refractivity contribution in [3.8, 4) is 0 Å². The molecule has 0 amide bonds. The fraction of sp³-hybridized carbons (Fsp3) is 0.569. The van der Waals surface area contributed by atoms with Gasteiger partial charge in [0, 0.05) is 26.1 Å². The Labute approximate surface area is 398 Å². The summed E-state index contributed by atoms with van der Waals surface area (Å²) in [6, 6.07) is 27.1. The Morgan fingerprint density at radius 2 is 1.22 bits per heavy atom. The average Bonchev–Trinajstić information content (AvgIpc) is 3.65. The number of esters is 3. The van der Waals surface area contributed by atoms with E-state index in [-0.39, 0.29) is 55.0 Å². The molecule has 3 saturated heterocycles. The number of ether oxygens (including phenoxy) is 9. The molecule has 3 aliphatic rings. The molecular formula is C51H68O14P2. The zero-order chi connectivity index (χ0) is 48.2. The predicted molar refractivity (Wildman–Crippen MR) is 254 cm³/mol. The van der Waals surface area contributed by atoms with Gasteiger partial charge >= 0.3 is 17.9 Å². The first-order valence-corrected chi connectivity index (χ1v) is 26.7. The van der Waals surface area contributed by atoms with E-state index in [9.17, 15) is 19.2 Å². The lowest BCUT2D eigenvalue weighted by molar-refractivity contribution is -0.345. The maximum Gasteiger partial charge on any atom is 0.338 e. The van der Waals surface area contributed by atoms with E-state index in [2.05, 4.69) is 22.8 Å². The van der Waals surface area contributed by atoms with Gasteiger partial charge in [0.1, 0.15) is 36.8 Å². The minimum atomic E-state index is -1.16. The second-order valence-electron chi connectivity index (χ2n) is 18.1. The van der Waals surface area contributed by atoms with Gasteiger partial charge in [-0.3, -0.25) is 4.79 Å². The summed E-state index contributed by atoms with van der Waals surface area (Å²) in [5.74, 6) is -2.76. The molecule has 14 nitrogen and oxygen atoms in total. The first kappa shape index (κ1) is 52.7. The van der Waals surface area contributed by atoms with E-state index in [1.165, 1.54) is 6.92 Å². The van der Waals surface area contributed by atoms with Gasteiger partial charge in [-0.2, -0.15) is 0 Å². The second-order valence-corrected chi connectivity index (χ2v) is 21.6. The van der Waals surface area contributed by atoms with Crippen molar-refractivity contribution in [1.82, 2.24) is 0 Å². The maximum atomic E-state index is 13.7. The highest BCUT2D eigenvalue weighted by molar-refractivity contribution is 8.10. The van der Waals surface area contributed by atoms with Crippen LogP contribution >= 0.6 is 16.8 Å². The van der Waals surface area contributed by atoms with Gasteiger partial charge in [-0.05, 0) is 61.2 Å². The largest absolute Gasteiger partial charge is 0.459 e. The molecule has 3 fully saturated rings. The van der Waals surface area contributed by atoms with Crippen LogP contribution in [0.4, 0.5) is 0 Å². The van der Waals surface area contributed by atoms with Crippen molar-refractivity contribution < 1.29 is 66.3 Å². The highest BCUT2D eigenvalue weighted by atomic mass is 32.0. The molecule has 0 spiro atoms. The number of rotatable bonds is 21. The van der Waals surface area contributed by atoms with E-state index in [0.717, 1.165) is 5.56 Å². The predicted octanol–water partition coefficient (Wildman–Crippen LogP) is 8.94. The fourth-order valence-electron chi connectivity index (χ4n) is 8.62. The zero-order valence-electron chi connectivity index (χ0n) is 39.8. The number of hydrogen-bond acceptors (Lipinski definition) is 14. The summed E-state index contributed by atoms with van der Waals surface area (Å²) < 4.78 is 65.1. The Hall–Kier alpha value is -3.68. The standard InChI is InChI=1S/C51H68O14P2/c1-9-30(2)42-45(46(51(62-42)65-67(8)66)61-48(55)38-23-17-12-18-24-38)64-50-35(7)43(60-41(53)26-25-31(3)52)44(40(59-50)29-57-47(54)37-21-15-11-16-22-37)63-49-34(6)32(4)33(5)39(58-49)28-56-27-36-19-13-10-14-20-36/h10-24,30,32-35,39-40,42-46,49-51H,9,25-29,66H2,1-8H3/t30-,32+,33-,34?,35?,39?,40?,42+,43-,44+,45?,46+,49-,50-,51+,67?/m1/s1. The first-order chi connectivity index (χ1) is 32.1. The highest BCUT2D eigenvalue weighted by Crippen LogP contribution is 2.48. The normalized spacial score (nSPS) is 31.6. The minimum Gasteiger partial charge on any atom is -0.459 e. The summed E-state index contributed by atoms with van der Waals surface area (Å²) in [4.78, 5) is 53.1. The van der Waals surface area contributed by atoms with E-state index in [4.69, 9.17) is 47.2 Å². The Balaban J connectivity index is 1.34. The summed E-state index contributed by atoms with van der Waals surface area (Å²) in [7, 11) is 1.57. The number of carbonyl (C=O) groups excluding carboxylic acids is 4. The minimum absolute atomic E-state index is 0.0234. The van der Waals surface area contributed by atoms with Gasteiger partial charge in [0.05, 0.1) is 43.0 Å². The van der Waals surface area contributed by atoms with Crippen LogP contribution in [0.25, 0.3) is 0 Å². The lowest BCUT2D eigenvalue weighted by Gasteiger charge is -2.49. The molecule has 0 saturated carbocycles. The smallest absolute Gasteiger partial charge is 0.338 e. The quantitative estimate of drug-likeness (QED) is 0.0565. The van der Waals surface area contributed by atoms with Crippen LogP contribution in [0.3, 0.4) is 0 Å². The van der Waals surface area contributed by atoms with Crippen LogP contribution in [0.1, 0.15) is 94.0 Å². The molecule has 16 heteroatoms. The molecule has 3 aromatic rings. The number of Topliss-reactive ketones (excluding diaryl/α,β-unsaturated/α-hetero) is 1. The van der Waals surface area contributed by atoms with E-state index < -0.39 is 87.2 Å². The Bertz CT molecular complexity index is 2030. The molecule has 0 N–H and O–H groups in total. The maximum absolute atomic E-state index is 13.7. The first-order valence-electron chi connectivity index (χ1n) is 23.4. The van der Waals surface area contributed by atoms with Gasteiger partial charge in [0.15, 0.2) is 18.7 Å². The van der Waals surface area contributed by atoms with Crippen molar-refractivity contribution in [2.75, 3.05) is 19.9 Å². The van der Waals surface area contributed by atoms with Crippen molar-refractivity contribution in [2.24, 2.45) is 29.6 Å². The molecule has 0 aromatic heterocycles. The SMILES string of the molecule is CC[C@@H](C)[C@@H]1O[C@@H](OP(C)P)[C@@H](OC(=O)c2ccccc2)C1O[C@H]1OC(COC(=O)c2ccccc2)[C@H](O[C@H]2OC(COCc3ccccc3)[C@H](C)[C@H](C)C2C)[C@H](OC(=O)CCC(C)=O)C1C. The molecule has 366 valence electrons. The summed E-state index contributed by atoms with van der Waals surface area (Å²) in [6.07, 6.45) is -8.65. The number of ketones is 1. The van der Waals surface area contributed by atoms with E-state index in [1.54, 1.807) is 54.6 Å². The highest BCUT2D eigenvalue weighted by Gasteiger charge is 2.56. The Morgan fingerprint density at radius 1 is 0.642 bits per heavy atom. The molecular weight excluding hydrogens is 898 g/mol. The lowest BCUT2D eigenvalue weighted by Crippen LogP contribution is -2.61. The van der Waals surface area contributed by atoms with E-state index in [0.29, 0.717) is 30.8 Å². The summed E-state index contributed by atoms with van der Waals surface area (Å²) >= 11 is 0. The van der Waals surface area contributed by atoms with Crippen molar-refractivity contribution >= 4 is 40.5 Å². The molecule has 3 aliphatic heterocycles. The van der Waals surface area contributed by atoms with Crippen LogP contribution in [0, 0.1) is 29.6 Å². The van der Waals surface area contributed by atoms with Gasteiger partial charge in [-0.1, -0.05) is 124 Å². The fourth-order valence-corrected chi connectivity index (χ4v) is 9.47. The van der Waals surface area contributed by atoms with Crippen LogP contribution in [0.5, 0.6) is 0 Å². The van der Waals surface area contributed by atoms with Gasteiger partial charge in [-0.25, -0.2) is 9.59 Å². The second kappa shape index (κ2) is 25.3. The van der Waals surface area contributed by atoms with Crippen molar-refractivity contribution in [2.45, 2.75) is 136 Å². The number of carbonyl (C=O) groups is 4. The lowest BCUT2D eigenvalue weighted by atomic mass is 9.79. The molecule has 3 aromatic carbocycles. The molecule has 67 heavy (non-hydrogen) atoms. The zero-order valence-corrected chi connectivity index (χ0v) is 41.9. The summed E-state index contributed by atoms with van der Waals surface area (Å²) in [6.45, 7) is 15.9. The molecule has 6 rings (SSSR count). The van der Waals surface area contributed by atoms with Crippen LogP contribution in [0.2, 0.25) is 0 Å². The Kier molecular flexibility index (Phi) is 19.9. The van der Waals surface area contributed by atoms with E-state index >= 15 is 0 Å². The van der Waals surface area contributed by atoms with Crippen LogP contribution in [0.15, 0.2) is 91.0 Å².